The number of aryl methyl sites for hydroxylation is 1. The second-order valence-electron chi connectivity index (χ2n) is 6.57. The van der Waals surface area contributed by atoms with Crippen LogP contribution in [0.3, 0.4) is 0 Å². The Morgan fingerprint density at radius 2 is 1.90 bits per heavy atom. The van der Waals surface area contributed by atoms with Gasteiger partial charge in [-0.3, -0.25) is 4.79 Å². The van der Waals surface area contributed by atoms with Gasteiger partial charge in [-0.05, 0) is 28.3 Å². The van der Waals surface area contributed by atoms with Crippen LogP contribution < -0.4 is 0 Å². The first-order valence-electron chi connectivity index (χ1n) is 9.22. The van der Waals surface area contributed by atoms with Gasteiger partial charge < -0.3 is 9.30 Å². The Morgan fingerprint density at radius 1 is 1.10 bits per heavy atom. The minimum atomic E-state index is -0.220. The van der Waals surface area contributed by atoms with Crippen molar-refractivity contribution in [2.24, 2.45) is 0 Å². The molecule has 2 aromatic heterocycles. The summed E-state index contributed by atoms with van der Waals surface area (Å²) < 4.78 is 6.76. The van der Waals surface area contributed by atoms with Crippen LogP contribution in [-0.4, -0.2) is 43.3 Å². The number of nitrogens with zero attached hydrogens (tertiary/aromatic N) is 5. The van der Waals surface area contributed by atoms with E-state index in [-0.39, 0.29) is 5.97 Å². The van der Waals surface area contributed by atoms with Crippen LogP contribution in [-0.2, 0) is 22.5 Å². The number of esters is 1. The van der Waals surface area contributed by atoms with Crippen LogP contribution in [0.2, 0.25) is 0 Å². The summed E-state index contributed by atoms with van der Waals surface area (Å²) in [5, 5.41) is 14.3. The summed E-state index contributed by atoms with van der Waals surface area (Å²) in [7, 11) is 1.40. The van der Waals surface area contributed by atoms with E-state index in [9.17, 15) is 4.79 Å². The number of carbonyl (C=O) groups is 1. The van der Waals surface area contributed by atoms with Gasteiger partial charge in [0.05, 0.1) is 19.9 Å². The van der Waals surface area contributed by atoms with Gasteiger partial charge in [0.2, 0.25) is 5.82 Å². The molecule has 0 radical (unpaired) electrons. The number of methoxy groups -OCH3 is 1. The lowest BCUT2D eigenvalue weighted by Crippen LogP contribution is -2.07. The van der Waals surface area contributed by atoms with Gasteiger partial charge >= 0.3 is 5.97 Å². The average Bonchev–Trinajstić information content (AvgIpc) is 3.45. The molecule has 0 aliphatic carbocycles. The standard InChI is InChI=1S/C21H20N6O2/c1-29-20(28)11-10-17-12-22-14-27(17)13-15-6-8-16(9-7-15)18-4-2-3-5-19(18)21-23-25-26-24-21/h2-9,12,14H,10-11,13H2,1H3,(H,23,24,25,26). The molecular formula is C21H20N6O2. The lowest BCUT2D eigenvalue weighted by molar-refractivity contribution is -0.140. The van der Waals surface area contributed by atoms with Crippen LogP contribution in [0.4, 0.5) is 0 Å². The number of aromatic amines is 1. The first kappa shape index (κ1) is 18.5. The second kappa shape index (κ2) is 8.47. The Morgan fingerprint density at radius 3 is 2.62 bits per heavy atom. The van der Waals surface area contributed by atoms with E-state index < -0.39 is 0 Å². The summed E-state index contributed by atoms with van der Waals surface area (Å²) in [4.78, 5) is 15.6. The van der Waals surface area contributed by atoms with E-state index in [0.29, 0.717) is 25.2 Å². The molecule has 8 nitrogen and oxygen atoms in total. The van der Waals surface area contributed by atoms with Crippen LogP contribution in [0.15, 0.2) is 61.1 Å². The highest BCUT2D eigenvalue weighted by Gasteiger charge is 2.11. The molecule has 146 valence electrons. The number of nitrogens with one attached hydrogen (secondary N) is 1. The smallest absolute Gasteiger partial charge is 0.305 e. The number of benzene rings is 2. The van der Waals surface area contributed by atoms with Crippen LogP contribution in [0.25, 0.3) is 22.5 Å². The lowest BCUT2D eigenvalue weighted by atomic mass is 9.98. The van der Waals surface area contributed by atoms with Crippen molar-refractivity contribution < 1.29 is 9.53 Å². The minimum absolute atomic E-state index is 0.220. The second-order valence-corrected chi connectivity index (χ2v) is 6.57. The molecule has 0 spiro atoms. The maximum Gasteiger partial charge on any atom is 0.305 e. The number of ether oxygens (including phenoxy) is 1. The molecular weight excluding hydrogens is 368 g/mol. The zero-order valence-corrected chi connectivity index (χ0v) is 15.9. The molecule has 0 fully saturated rings. The lowest BCUT2D eigenvalue weighted by Gasteiger charge is -2.10. The van der Waals surface area contributed by atoms with E-state index in [4.69, 9.17) is 4.74 Å². The predicted octanol–water partition coefficient (Wildman–Crippen LogP) is 2.88. The maximum absolute atomic E-state index is 11.4. The molecule has 4 aromatic rings. The topological polar surface area (TPSA) is 98.6 Å². The van der Waals surface area contributed by atoms with Gasteiger partial charge in [0, 0.05) is 24.0 Å². The van der Waals surface area contributed by atoms with Crippen molar-refractivity contribution in [3.63, 3.8) is 0 Å². The third-order valence-corrected chi connectivity index (χ3v) is 4.74. The van der Waals surface area contributed by atoms with E-state index in [0.717, 1.165) is 27.9 Å². The molecule has 0 saturated heterocycles. The van der Waals surface area contributed by atoms with E-state index in [2.05, 4.69) is 49.9 Å². The van der Waals surface area contributed by atoms with Gasteiger partial charge in [0.15, 0.2) is 0 Å². The molecule has 0 aliphatic heterocycles. The highest BCUT2D eigenvalue weighted by atomic mass is 16.5. The molecule has 1 N–H and O–H groups in total. The van der Waals surface area contributed by atoms with Gasteiger partial charge in [-0.15, -0.1) is 10.2 Å². The van der Waals surface area contributed by atoms with Crippen LogP contribution in [0.1, 0.15) is 17.7 Å². The minimum Gasteiger partial charge on any atom is -0.469 e. The molecule has 29 heavy (non-hydrogen) atoms. The van der Waals surface area contributed by atoms with Gasteiger partial charge in [-0.2, -0.15) is 5.21 Å². The molecule has 0 aliphatic rings. The normalized spacial score (nSPS) is 10.8. The van der Waals surface area contributed by atoms with Crippen molar-refractivity contribution in [1.29, 1.82) is 0 Å². The fourth-order valence-corrected chi connectivity index (χ4v) is 3.22. The van der Waals surface area contributed by atoms with Crippen molar-refractivity contribution in [2.45, 2.75) is 19.4 Å². The molecule has 2 heterocycles. The third-order valence-electron chi connectivity index (χ3n) is 4.74. The number of hydrogen-bond donors (Lipinski definition) is 1. The Balaban J connectivity index is 1.52. The average molecular weight is 388 g/mol. The van der Waals surface area contributed by atoms with Gasteiger partial charge in [-0.25, -0.2) is 4.98 Å². The fourth-order valence-electron chi connectivity index (χ4n) is 3.22. The third kappa shape index (κ3) is 4.21. The van der Waals surface area contributed by atoms with Crippen molar-refractivity contribution in [1.82, 2.24) is 30.2 Å². The van der Waals surface area contributed by atoms with Gasteiger partial charge in [0.1, 0.15) is 0 Å². The summed E-state index contributed by atoms with van der Waals surface area (Å²) in [5.41, 5.74) is 5.19. The van der Waals surface area contributed by atoms with Gasteiger partial charge in [-0.1, -0.05) is 48.5 Å². The molecule has 8 heteroatoms. The Labute approximate surface area is 167 Å². The van der Waals surface area contributed by atoms with Crippen molar-refractivity contribution in [2.75, 3.05) is 7.11 Å². The summed E-state index contributed by atoms with van der Waals surface area (Å²) in [6.07, 6.45) is 4.52. The van der Waals surface area contributed by atoms with Crippen LogP contribution in [0.5, 0.6) is 0 Å². The highest BCUT2D eigenvalue weighted by molar-refractivity contribution is 5.80. The number of carbonyl (C=O) groups excluding carboxylic acids is 1. The predicted molar refractivity (Wildman–Crippen MR) is 107 cm³/mol. The first-order chi connectivity index (χ1) is 14.2. The monoisotopic (exact) mass is 388 g/mol. The largest absolute Gasteiger partial charge is 0.469 e. The number of hydrogen-bond acceptors (Lipinski definition) is 6. The molecule has 0 atom stereocenters. The summed E-state index contributed by atoms with van der Waals surface area (Å²) in [5.74, 6) is 0.348. The van der Waals surface area contributed by atoms with E-state index in [1.165, 1.54) is 7.11 Å². The SMILES string of the molecule is COC(=O)CCc1cncn1Cc1ccc(-c2ccccc2-c2nn[nH]n2)cc1. The number of rotatable bonds is 7. The van der Waals surface area contributed by atoms with Crippen molar-refractivity contribution in [3.8, 4) is 22.5 Å². The number of H-pyrrole nitrogens is 1. The number of imidazole rings is 1. The zero-order chi connectivity index (χ0) is 20.1. The Hall–Kier alpha value is -3.81. The Kier molecular flexibility index (Phi) is 5.42. The molecule has 0 amide bonds. The maximum atomic E-state index is 11.4. The highest BCUT2D eigenvalue weighted by Crippen LogP contribution is 2.29. The first-order valence-corrected chi connectivity index (χ1v) is 9.22. The molecule has 0 bridgehead atoms. The Bertz CT molecular complexity index is 1090. The summed E-state index contributed by atoms with van der Waals surface area (Å²) >= 11 is 0. The molecule has 2 aromatic carbocycles. The zero-order valence-electron chi connectivity index (χ0n) is 15.9. The van der Waals surface area contributed by atoms with E-state index in [1.54, 1.807) is 12.5 Å². The fraction of sp³-hybridized carbons (Fsp3) is 0.190. The summed E-state index contributed by atoms with van der Waals surface area (Å²) in [6, 6.07) is 16.3. The van der Waals surface area contributed by atoms with E-state index in [1.807, 2.05) is 28.8 Å². The number of tetrazole rings is 1. The van der Waals surface area contributed by atoms with Crippen LogP contribution in [0, 0.1) is 0 Å². The molecule has 0 saturated carbocycles. The van der Waals surface area contributed by atoms with E-state index >= 15 is 0 Å². The van der Waals surface area contributed by atoms with Crippen LogP contribution >= 0.6 is 0 Å². The molecule has 0 unspecified atom stereocenters. The number of aromatic nitrogens is 6. The van der Waals surface area contributed by atoms with Gasteiger partial charge in [0.25, 0.3) is 0 Å². The summed E-state index contributed by atoms with van der Waals surface area (Å²) in [6.45, 7) is 0.684. The quantitative estimate of drug-likeness (QED) is 0.489. The van der Waals surface area contributed by atoms with Crippen molar-refractivity contribution >= 4 is 5.97 Å². The van der Waals surface area contributed by atoms with Crippen molar-refractivity contribution in [3.05, 3.63) is 72.3 Å². The molecule has 4 rings (SSSR count).